The van der Waals surface area contributed by atoms with Crippen molar-refractivity contribution in [1.82, 2.24) is 5.32 Å². The molecule has 4 nitrogen and oxygen atoms in total. The molecule has 0 aromatic heterocycles. The summed E-state index contributed by atoms with van der Waals surface area (Å²) in [6.07, 6.45) is 3.86. The third kappa shape index (κ3) is 3.69. The molecule has 0 radical (unpaired) electrons. The number of carbonyl (C=O) groups is 1. The van der Waals surface area contributed by atoms with Crippen molar-refractivity contribution in [2.45, 2.75) is 25.7 Å². The van der Waals surface area contributed by atoms with Crippen molar-refractivity contribution in [2.75, 3.05) is 31.1 Å². The molecule has 4 rings (SSSR count). The minimum absolute atomic E-state index is 0.00714. The van der Waals surface area contributed by atoms with Crippen LogP contribution in [-0.4, -0.2) is 32.1 Å². The zero-order chi connectivity index (χ0) is 17.8. The lowest BCUT2D eigenvalue weighted by Gasteiger charge is -2.31. The van der Waals surface area contributed by atoms with Crippen molar-refractivity contribution < 1.29 is 9.53 Å². The smallest absolute Gasteiger partial charge is 0.223 e. The number of fused-ring (bicyclic) bond motifs is 2. The van der Waals surface area contributed by atoms with Gasteiger partial charge in [-0.3, -0.25) is 4.79 Å². The molecule has 1 atom stereocenters. The third-order valence-electron chi connectivity index (χ3n) is 5.42. The average molecular weight is 350 g/mol. The van der Waals surface area contributed by atoms with Gasteiger partial charge in [0.1, 0.15) is 5.75 Å². The van der Waals surface area contributed by atoms with Gasteiger partial charge in [0.15, 0.2) is 0 Å². The van der Waals surface area contributed by atoms with Gasteiger partial charge in [-0.25, -0.2) is 0 Å². The molecule has 2 aromatic rings. The van der Waals surface area contributed by atoms with Crippen molar-refractivity contribution in [3.8, 4) is 5.75 Å². The summed E-state index contributed by atoms with van der Waals surface area (Å²) >= 11 is 0. The second-order valence-corrected chi connectivity index (χ2v) is 7.16. The number of para-hydroxylation sites is 2. The van der Waals surface area contributed by atoms with Crippen LogP contribution in [0.4, 0.5) is 5.69 Å². The summed E-state index contributed by atoms with van der Waals surface area (Å²) in [5.74, 6) is 1.07. The first-order valence-electron chi connectivity index (χ1n) is 9.62. The molecule has 1 amide bonds. The number of rotatable bonds is 4. The summed E-state index contributed by atoms with van der Waals surface area (Å²) in [5, 5.41) is 3.15. The molecule has 2 aliphatic rings. The van der Waals surface area contributed by atoms with E-state index in [9.17, 15) is 4.79 Å². The Morgan fingerprint density at radius 3 is 2.85 bits per heavy atom. The highest BCUT2D eigenvalue weighted by Crippen LogP contribution is 2.27. The quantitative estimate of drug-likeness (QED) is 0.921. The number of benzene rings is 2. The molecule has 0 unspecified atom stereocenters. The van der Waals surface area contributed by atoms with E-state index in [0.717, 1.165) is 43.7 Å². The van der Waals surface area contributed by atoms with Crippen LogP contribution < -0.4 is 15.0 Å². The number of nitrogens with one attached hydrogen (secondary N) is 1. The van der Waals surface area contributed by atoms with E-state index in [1.54, 1.807) is 0 Å². The third-order valence-corrected chi connectivity index (χ3v) is 5.42. The van der Waals surface area contributed by atoms with Gasteiger partial charge >= 0.3 is 0 Å². The minimum atomic E-state index is -0.00714. The summed E-state index contributed by atoms with van der Waals surface area (Å²) in [6.45, 7) is 3.22. The predicted molar refractivity (Wildman–Crippen MR) is 104 cm³/mol. The van der Waals surface area contributed by atoms with Crippen molar-refractivity contribution in [1.29, 1.82) is 0 Å². The standard InChI is InChI=1S/C22H26N2O2/c25-22(19-11-15-26-21-10-4-2-7-18(21)16-19)23-12-14-24-13-5-8-17-6-1-3-9-20(17)24/h1-4,6-7,9-10,19H,5,8,11-16H2,(H,23,25)/t19-/m0/s1. The van der Waals surface area contributed by atoms with E-state index in [4.69, 9.17) is 4.74 Å². The Balaban J connectivity index is 1.32. The van der Waals surface area contributed by atoms with Gasteiger partial charge in [-0.2, -0.15) is 0 Å². The Kier molecular flexibility index (Phi) is 5.09. The average Bonchev–Trinajstić information content (AvgIpc) is 2.90. The van der Waals surface area contributed by atoms with E-state index in [1.807, 2.05) is 18.2 Å². The van der Waals surface area contributed by atoms with Crippen LogP contribution in [0.5, 0.6) is 5.75 Å². The summed E-state index contributed by atoms with van der Waals surface area (Å²) in [4.78, 5) is 15.1. The fourth-order valence-corrected chi connectivity index (χ4v) is 4.02. The van der Waals surface area contributed by atoms with Gasteiger partial charge in [-0.05, 0) is 48.9 Å². The van der Waals surface area contributed by atoms with Gasteiger partial charge in [0.2, 0.25) is 5.91 Å². The molecule has 0 bridgehead atoms. The topological polar surface area (TPSA) is 41.6 Å². The fourth-order valence-electron chi connectivity index (χ4n) is 4.02. The number of anilines is 1. The van der Waals surface area contributed by atoms with E-state index in [2.05, 4.69) is 40.5 Å². The Labute approximate surface area is 155 Å². The van der Waals surface area contributed by atoms with Crippen LogP contribution >= 0.6 is 0 Å². The highest BCUT2D eigenvalue weighted by atomic mass is 16.5. The molecular formula is C22H26N2O2. The molecule has 2 heterocycles. The van der Waals surface area contributed by atoms with Crippen molar-refractivity contribution in [2.24, 2.45) is 5.92 Å². The Morgan fingerprint density at radius 1 is 1.12 bits per heavy atom. The molecule has 2 aromatic carbocycles. The van der Waals surface area contributed by atoms with Crippen molar-refractivity contribution in [3.63, 3.8) is 0 Å². The molecule has 0 saturated heterocycles. The normalized spacial score (nSPS) is 18.9. The molecule has 0 fully saturated rings. The minimum Gasteiger partial charge on any atom is -0.493 e. The molecule has 4 heteroatoms. The van der Waals surface area contributed by atoms with Gasteiger partial charge in [0.25, 0.3) is 0 Å². The molecule has 0 spiro atoms. The van der Waals surface area contributed by atoms with E-state index < -0.39 is 0 Å². The van der Waals surface area contributed by atoms with Crippen LogP contribution in [0.25, 0.3) is 0 Å². The molecule has 2 aliphatic heterocycles. The highest BCUT2D eigenvalue weighted by molar-refractivity contribution is 5.79. The largest absolute Gasteiger partial charge is 0.493 e. The lowest BCUT2D eigenvalue weighted by molar-refractivity contribution is -0.125. The zero-order valence-electron chi connectivity index (χ0n) is 15.1. The predicted octanol–water partition coefficient (Wildman–Crippen LogP) is 3.20. The molecule has 26 heavy (non-hydrogen) atoms. The van der Waals surface area contributed by atoms with Crippen LogP contribution in [-0.2, 0) is 17.6 Å². The number of amides is 1. The number of aryl methyl sites for hydroxylation is 1. The fraction of sp³-hybridized carbons (Fsp3) is 0.409. The van der Waals surface area contributed by atoms with E-state index in [1.165, 1.54) is 17.7 Å². The maximum Gasteiger partial charge on any atom is 0.223 e. The maximum atomic E-state index is 12.7. The number of hydrogen-bond donors (Lipinski definition) is 1. The van der Waals surface area contributed by atoms with Crippen molar-refractivity contribution in [3.05, 3.63) is 59.7 Å². The number of hydrogen-bond acceptors (Lipinski definition) is 3. The Morgan fingerprint density at radius 2 is 1.92 bits per heavy atom. The second kappa shape index (κ2) is 7.81. The summed E-state index contributed by atoms with van der Waals surface area (Å²) in [7, 11) is 0. The monoisotopic (exact) mass is 350 g/mol. The van der Waals surface area contributed by atoms with Gasteiger partial charge in [-0.1, -0.05) is 36.4 Å². The Bertz CT molecular complexity index is 774. The van der Waals surface area contributed by atoms with Gasteiger partial charge in [0.05, 0.1) is 6.61 Å². The van der Waals surface area contributed by atoms with Gasteiger partial charge in [0, 0.05) is 31.2 Å². The lowest BCUT2D eigenvalue weighted by Crippen LogP contribution is -2.40. The first kappa shape index (κ1) is 17.0. The van der Waals surface area contributed by atoms with Crippen LogP contribution in [0, 0.1) is 5.92 Å². The second-order valence-electron chi connectivity index (χ2n) is 7.16. The summed E-state index contributed by atoms with van der Waals surface area (Å²) in [5.41, 5.74) is 3.88. The van der Waals surface area contributed by atoms with Crippen molar-refractivity contribution >= 4 is 11.6 Å². The van der Waals surface area contributed by atoms with E-state index in [-0.39, 0.29) is 11.8 Å². The van der Waals surface area contributed by atoms with Gasteiger partial charge in [-0.15, -0.1) is 0 Å². The van der Waals surface area contributed by atoms with Crippen LogP contribution in [0.1, 0.15) is 24.0 Å². The Hall–Kier alpha value is -2.49. The molecular weight excluding hydrogens is 324 g/mol. The summed E-state index contributed by atoms with van der Waals surface area (Å²) < 4.78 is 5.78. The molecule has 0 saturated carbocycles. The van der Waals surface area contributed by atoms with Crippen LogP contribution in [0.15, 0.2) is 48.5 Å². The lowest BCUT2D eigenvalue weighted by atomic mass is 9.96. The SMILES string of the molecule is O=C(NCCN1CCCc2ccccc21)[C@H]1CCOc2ccccc2C1. The highest BCUT2D eigenvalue weighted by Gasteiger charge is 2.24. The van der Waals surface area contributed by atoms with Crippen LogP contribution in [0.3, 0.4) is 0 Å². The summed E-state index contributed by atoms with van der Waals surface area (Å²) in [6, 6.07) is 16.6. The first-order valence-corrected chi connectivity index (χ1v) is 9.62. The molecule has 1 N–H and O–H groups in total. The molecule has 136 valence electrons. The number of ether oxygens (including phenoxy) is 1. The van der Waals surface area contributed by atoms with E-state index in [0.29, 0.717) is 13.2 Å². The maximum absolute atomic E-state index is 12.7. The zero-order valence-corrected chi connectivity index (χ0v) is 15.1. The number of carbonyl (C=O) groups excluding carboxylic acids is 1. The molecule has 0 aliphatic carbocycles. The van der Waals surface area contributed by atoms with E-state index >= 15 is 0 Å². The first-order chi connectivity index (χ1) is 12.8. The number of nitrogens with zero attached hydrogens (tertiary/aromatic N) is 1. The van der Waals surface area contributed by atoms with Crippen LogP contribution in [0.2, 0.25) is 0 Å². The van der Waals surface area contributed by atoms with Gasteiger partial charge < -0.3 is 15.0 Å².